The van der Waals surface area contributed by atoms with Gasteiger partial charge in [-0.2, -0.15) is 4.31 Å². The molecule has 8 nitrogen and oxygen atoms in total. The zero-order chi connectivity index (χ0) is 16.5. The van der Waals surface area contributed by atoms with Crippen molar-refractivity contribution in [2.24, 2.45) is 0 Å². The van der Waals surface area contributed by atoms with Crippen LogP contribution in [0.15, 0.2) is 29.2 Å². The van der Waals surface area contributed by atoms with E-state index in [0.29, 0.717) is 12.8 Å². The molecule has 0 aliphatic carbocycles. The van der Waals surface area contributed by atoms with Gasteiger partial charge in [0.1, 0.15) is 6.04 Å². The number of nitrogens with zero attached hydrogens (tertiary/aromatic N) is 3. The fourth-order valence-corrected chi connectivity index (χ4v) is 4.34. The molecule has 120 valence electrons. The summed E-state index contributed by atoms with van der Waals surface area (Å²) in [6.45, 7) is 0.179. The van der Waals surface area contributed by atoms with Crippen molar-refractivity contribution in [3.05, 3.63) is 34.4 Å². The van der Waals surface area contributed by atoms with Crippen molar-refractivity contribution in [3.63, 3.8) is 0 Å². The van der Waals surface area contributed by atoms with E-state index >= 15 is 0 Å². The van der Waals surface area contributed by atoms with Gasteiger partial charge < -0.3 is 4.90 Å². The number of sulfonamides is 1. The summed E-state index contributed by atoms with van der Waals surface area (Å²) in [5, 5.41) is 11.1. The minimum atomic E-state index is -4.10. The highest BCUT2D eigenvalue weighted by molar-refractivity contribution is 7.89. The molecule has 1 aromatic carbocycles. The highest BCUT2D eigenvalue weighted by atomic mass is 32.2. The van der Waals surface area contributed by atoms with Gasteiger partial charge in [-0.25, -0.2) is 8.42 Å². The Labute approximate surface area is 128 Å². The molecule has 0 saturated carbocycles. The summed E-state index contributed by atoms with van der Waals surface area (Å²) < 4.78 is 26.6. The summed E-state index contributed by atoms with van der Waals surface area (Å²) in [5.41, 5.74) is -0.481. The molecule has 1 amide bonds. The Morgan fingerprint density at radius 3 is 2.59 bits per heavy atom. The van der Waals surface area contributed by atoms with Crippen LogP contribution in [0, 0.1) is 10.1 Å². The molecule has 1 heterocycles. The van der Waals surface area contributed by atoms with Crippen molar-refractivity contribution in [3.8, 4) is 0 Å². The molecule has 0 aromatic heterocycles. The van der Waals surface area contributed by atoms with Crippen LogP contribution in [0.2, 0.25) is 0 Å². The topological polar surface area (TPSA) is 101 Å². The first-order chi connectivity index (χ1) is 10.3. The van der Waals surface area contributed by atoms with E-state index in [0.717, 1.165) is 10.4 Å². The Kier molecular flexibility index (Phi) is 4.47. The fourth-order valence-electron chi connectivity index (χ4n) is 2.53. The molecule has 2 rings (SSSR count). The zero-order valence-corrected chi connectivity index (χ0v) is 13.1. The highest BCUT2D eigenvalue weighted by Crippen LogP contribution is 2.31. The predicted octanol–water partition coefficient (Wildman–Crippen LogP) is 0.836. The van der Waals surface area contributed by atoms with Gasteiger partial charge in [0.05, 0.1) is 4.92 Å². The summed E-state index contributed by atoms with van der Waals surface area (Å²) in [5.74, 6) is -0.320. The molecular formula is C13H17N3O5S. The van der Waals surface area contributed by atoms with E-state index in [2.05, 4.69) is 0 Å². The first kappa shape index (κ1) is 16.4. The normalized spacial score (nSPS) is 19.1. The first-order valence-corrected chi connectivity index (χ1v) is 8.17. The molecule has 0 radical (unpaired) electrons. The molecule has 1 atom stereocenters. The lowest BCUT2D eigenvalue weighted by atomic mass is 10.2. The summed E-state index contributed by atoms with van der Waals surface area (Å²) in [7, 11) is -0.994. The van der Waals surface area contributed by atoms with E-state index in [4.69, 9.17) is 0 Å². The highest BCUT2D eigenvalue weighted by Gasteiger charge is 2.42. The average Bonchev–Trinajstić information content (AvgIpc) is 2.96. The minimum absolute atomic E-state index is 0.179. The summed E-state index contributed by atoms with van der Waals surface area (Å²) >= 11 is 0. The number of likely N-dealkylation sites (N-methyl/N-ethyl adjacent to an activating group) is 1. The second-order valence-electron chi connectivity index (χ2n) is 5.23. The minimum Gasteiger partial charge on any atom is -0.347 e. The van der Waals surface area contributed by atoms with Crippen LogP contribution in [0.1, 0.15) is 12.8 Å². The maximum atomic E-state index is 12.7. The number of nitro groups is 1. The number of nitro benzene ring substituents is 1. The lowest BCUT2D eigenvalue weighted by Gasteiger charge is -2.25. The van der Waals surface area contributed by atoms with Crippen LogP contribution in [0.4, 0.5) is 5.69 Å². The van der Waals surface area contributed by atoms with Crippen molar-refractivity contribution in [2.75, 3.05) is 20.6 Å². The van der Waals surface area contributed by atoms with E-state index in [1.807, 2.05) is 0 Å². The first-order valence-electron chi connectivity index (χ1n) is 6.73. The third-order valence-corrected chi connectivity index (χ3v) is 5.53. The van der Waals surface area contributed by atoms with Crippen molar-refractivity contribution in [1.82, 2.24) is 9.21 Å². The SMILES string of the molecule is CN(C)C(=O)C1CCCN1S(=O)(=O)c1ccccc1[N+](=O)[O-]. The maximum absolute atomic E-state index is 12.7. The number of para-hydroxylation sites is 1. The largest absolute Gasteiger partial charge is 0.347 e. The van der Waals surface area contributed by atoms with Gasteiger partial charge in [0.15, 0.2) is 4.90 Å². The Bertz CT molecular complexity index is 701. The van der Waals surface area contributed by atoms with Crippen molar-refractivity contribution in [2.45, 2.75) is 23.8 Å². The van der Waals surface area contributed by atoms with Crippen LogP contribution < -0.4 is 0 Å². The van der Waals surface area contributed by atoms with Gasteiger partial charge >= 0.3 is 0 Å². The second-order valence-corrected chi connectivity index (χ2v) is 7.09. The third kappa shape index (κ3) is 2.81. The van der Waals surface area contributed by atoms with E-state index in [1.165, 1.54) is 23.1 Å². The van der Waals surface area contributed by atoms with E-state index in [-0.39, 0.29) is 17.3 Å². The lowest BCUT2D eigenvalue weighted by Crippen LogP contribution is -2.45. The number of benzene rings is 1. The number of rotatable bonds is 4. The quantitative estimate of drug-likeness (QED) is 0.602. The molecule has 9 heteroatoms. The van der Waals surface area contributed by atoms with Gasteiger partial charge in [-0.3, -0.25) is 14.9 Å². The number of hydrogen-bond acceptors (Lipinski definition) is 5. The number of carbonyl (C=O) groups is 1. The average molecular weight is 327 g/mol. The van der Waals surface area contributed by atoms with Crippen molar-refractivity contribution in [1.29, 1.82) is 0 Å². The van der Waals surface area contributed by atoms with E-state index in [9.17, 15) is 23.3 Å². The summed E-state index contributed by atoms with van der Waals surface area (Å²) in [6.07, 6.45) is 0.959. The molecule has 0 bridgehead atoms. The number of hydrogen-bond donors (Lipinski definition) is 0. The van der Waals surface area contributed by atoms with Crippen LogP contribution in [0.3, 0.4) is 0 Å². The van der Waals surface area contributed by atoms with Gasteiger partial charge in [-0.1, -0.05) is 12.1 Å². The smallest absolute Gasteiger partial charge is 0.289 e. The van der Waals surface area contributed by atoms with Crippen LogP contribution in [0.5, 0.6) is 0 Å². The molecule has 0 N–H and O–H groups in total. The summed E-state index contributed by atoms with van der Waals surface area (Å²) in [6, 6.07) is 4.37. The van der Waals surface area contributed by atoms with Crippen LogP contribution in [0.25, 0.3) is 0 Å². The summed E-state index contributed by atoms with van der Waals surface area (Å²) in [4.78, 5) is 23.4. The fraction of sp³-hybridized carbons (Fsp3) is 0.462. The van der Waals surface area contributed by atoms with Crippen LogP contribution in [-0.4, -0.2) is 55.1 Å². The van der Waals surface area contributed by atoms with Crippen molar-refractivity contribution < 1.29 is 18.1 Å². The van der Waals surface area contributed by atoms with Gasteiger partial charge in [-0.15, -0.1) is 0 Å². The van der Waals surface area contributed by atoms with E-state index < -0.39 is 26.7 Å². The van der Waals surface area contributed by atoms with Crippen LogP contribution in [-0.2, 0) is 14.8 Å². The van der Waals surface area contributed by atoms with Crippen LogP contribution >= 0.6 is 0 Å². The van der Waals surface area contributed by atoms with Crippen molar-refractivity contribution >= 4 is 21.6 Å². The van der Waals surface area contributed by atoms with Gasteiger partial charge in [0.2, 0.25) is 5.91 Å². The Balaban J connectivity index is 2.47. The predicted molar refractivity (Wildman–Crippen MR) is 78.7 cm³/mol. The van der Waals surface area contributed by atoms with Gasteiger partial charge in [0, 0.05) is 26.7 Å². The van der Waals surface area contributed by atoms with Gasteiger partial charge in [-0.05, 0) is 18.9 Å². The second kappa shape index (κ2) is 6.01. The molecule has 1 aliphatic rings. The molecule has 1 unspecified atom stereocenters. The molecule has 0 spiro atoms. The third-order valence-electron chi connectivity index (χ3n) is 3.58. The Morgan fingerprint density at radius 2 is 2.00 bits per heavy atom. The molecule has 1 aliphatic heterocycles. The van der Waals surface area contributed by atoms with E-state index in [1.54, 1.807) is 14.1 Å². The molecule has 22 heavy (non-hydrogen) atoms. The Morgan fingerprint density at radius 1 is 1.36 bits per heavy atom. The molecule has 1 fully saturated rings. The molecular weight excluding hydrogens is 310 g/mol. The Hall–Kier alpha value is -2.00. The molecule has 1 aromatic rings. The maximum Gasteiger partial charge on any atom is 0.289 e. The number of amides is 1. The lowest BCUT2D eigenvalue weighted by molar-refractivity contribution is -0.387. The standard InChI is InChI=1S/C13H17N3O5S/c1-14(2)13(17)11-7-5-9-15(11)22(20,21)12-8-4-3-6-10(12)16(18)19/h3-4,6,8,11H,5,7,9H2,1-2H3. The van der Waals surface area contributed by atoms with Gasteiger partial charge in [0.25, 0.3) is 15.7 Å². The number of carbonyl (C=O) groups excluding carboxylic acids is 1. The molecule has 1 saturated heterocycles. The zero-order valence-electron chi connectivity index (χ0n) is 12.3. The monoisotopic (exact) mass is 327 g/mol.